The van der Waals surface area contributed by atoms with E-state index in [-0.39, 0.29) is 22.6 Å². The summed E-state index contributed by atoms with van der Waals surface area (Å²) in [7, 11) is -3.93. The Bertz CT molecular complexity index is 1140. The van der Waals surface area contributed by atoms with Crippen LogP contribution in [0.25, 0.3) is 0 Å². The highest BCUT2D eigenvalue weighted by atomic mass is 32.2. The maximum absolute atomic E-state index is 13.3. The summed E-state index contributed by atoms with van der Waals surface area (Å²) in [6, 6.07) is 11.2. The molecule has 34 heavy (non-hydrogen) atoms. The molecule has 0 bridgehead atoms. The topological polar surface area (TPSA) is 97.4 Å². The SMILES string of the molecule is O=C(c1ccccc1NS(=O)(=O)c1ccc2c(c1)OCCO2)N1CCN(CC2CCCO2)CC1. The van der Waals surface area contributed by atoms with Crippen molar-refractivity contribution in [3.8, 4) is 11.5 Å². The van der Waals surface area contributed by atoms with Gasteiger partial charge in [0.2, 0.25) is 0 Å². The molecule has 1 unspecified atom stereocenters. The zero-order valence-corrected chi connectivity index (χ0v) is 19.8. The van der Waals surface area contributed by atoms with Gasteiger partial charge in [-0.1, -0.05) is 12.1 Å². The minimum atomic E-state index is -3.93. The molecule has 5 rings (SSSR count). The number of para-hydroxylation sites is 1. The van der Waals surface area contributed by atoms with Crippen molar-refractivity contribution in [2.75, 3.05) is 57.3 Å². The molecule has 3 aliphatic heterocycles. The molecule has 2 fully saturated rings. The van der Waals surface area contributed by atoms with Gasteiger partial charge in [-0.3, -0.25) is 14.4 Å². The molecule has 0 aromatic heterocycles. The lowest BCUT2D eigenvalue weighted by Crippen LogP contribution is -2.50. The molecule has 1 atom stereocenters. The van der Waals surface area contributed by atoms with Crippen LogP contribution in [0.1, 0.15) is 23.2 Å². The minimum Gasteiger partial charge on any atom is -0.486 e. The van der Waals surface area contributed by atoms with Gasteiger partial charge in [0.25, 0.3) is 15.9 Å². The second kappa shape index (κ2) is 9.81. The van der Waals surface area contributed by atoms with Crippen LogP contribution < -0.4 is 14.2 Å². The Balaban J connectivity index is 1.27. The zero-order chi connectivity index (χ0) is 23.5. The van der Waals surface area contributed by atoms with E-state index in [0.29, 0.717) is 43.4 Å². The summed E-state index contributed by atoms with van der Waals surface area (Å²) in [5, 5.41) is 0. The molecule has 1 amide bonds. The number of fused-ring (bicyclic) bond motifs is 1. The van der Waals surface area contributed by atoms with Gasteiger partial charge < -0.3 is 19.1 Å². The molecule has 3 heterocycles. The van der Waals surface area contributed by atoms with Crippen LogP contribution >= 0.6 is 0 Å². The van der Waals surface area contributed by atoms with Crippen molar-refractivity contribution in [2.45, 2.75) is 23.8 Å². The first kappa shape index (κ1) is 22.9. The van der Waals surface area contributed by atoms with E-state index in [1.807, 2.05) is 0 Å². The summed E-state index contributed by atoms with van der Waals surface area (Å²) in [5.41, 5.74) is 0.584. The van der Waals surface area contributed by atoms with E-state index >= 15 is 0 Å². The van der Waals surface area contributed by atoms with Gasteiger partial charge in [-0.25, -0.2) is 8.42 Å². The van der Waals surface area contributed by atoms with Gasteiger partial charge >= 0.3 is 0 Å². The quantitative estimate of drug-likeness (QED) is 0.667. The molecular weight excluding hydrogens is 458 g/mol. The summed E-state index contributed by atoms with van der Waals surface area (Å²) in [5.74, 6) is 0.719. The largest absolute Gasteiger partial charge is 0.486 e. The third-order valence-corrected chi connectivity index (χ3v) is 7.73. The van der Waals surface area contributed by atoms with E-state index in [1.165, 1.54) is 12.1 Å². The number of benzene rings is 2. The summed E-state index contributed by atoms with van der Waals surface area (Å²) in [4.78, 5) is 17.5. The molecule has 0 radical (unpaired) electrons. The van der Waals surface area contributed by atoms with Gasteiger partial charge in [-0.05, 0) is 37.1 Å². The normalized spacial score (nSPS) is 20.8. The first-order valence-electron chi connectivity index (χ1n) is 11.6. The zero-order valence-electron chi connectivity index (χ0n) is 18.9. The van der Waals surface area contributed by atoms with Crippen LogP contribution in [0.5, 0.6) is 11.5 Å². The Morgan fingerprint density at radius 1 is 0.971 bits per heavy atom. The molecule has 0 spiro atoms. The van der Waals surface area contributed by atoms with Crippen LogP contribution in [0.2, 0.25) is 0 Å². The van der Waals surface area contributed by atoms with Crippen molar-refractivity contribution in [2.24, 2.45) is 0 Å². The fourth-order valence-corrected chi connectivity index (χ4v) is 5.63. The molecule has 9 nitrogen and oxygen atoms in total. The molecule has 0 saturated carbocycles. The Labute approximate surface area is 199 Å². The first-order chi connectivity index (χ1) is 16.5. The molecule has 182 valence electrons. The fraction of sp³-hybridized carbons (Fsp3) is 0.458. The molecule has 0 aliphatic carbocycles. The summed E-state index contributed by atoms with van der Waals surface area (Å²) < 4.78 is 45.5. The van der Waals surface area contributed by atoms with Crippen LogP contribution in [-0.4, -0.2) is 82.8 Å². The van der Waals surface area contributed by atoms with E-state index in [2.05, 4.69) is 9.62 Å². The fourth-order valence-electron chi connectivity index (χ4n) is 4.53. The predicted molar refractivity (Wildman–Crippen MR) is 126 cm³/mol. The van der Waals surface area contributed by atoms with E-state index in [0.717, 1.165) is 39.1 Å². The molecule has 1 N–H and O–H groups in total. The third-order valence-electron chi connectivity index (χ3n) is 6.37. The predicted octanol–water partition coefficient (Wildman–Crippen LogP) is 2.20. The number of amides is 1. The average molecular weight is 488 g/mol. The van der Waals surface area contributed by atoms with Gasteiger partial charge in [-0.2, -0.15) is 0 Å². The van der Waals surface area contributed by atoms with Crippen molar-refractivity contribution in [1.82, 2.24) is 9.80 Å². The monoisotopic (exact) mass is 487 g/mol. The second-order valence-electron chi connectivity index (χ2n) is 8.68. The van der Waals surface area contributed by atoms with Gasteiger partial charge in [0.05, 0.1) is 22.3 Å². The second-order valence-corrected chi connectivity index (χ2v) is 10.4. The van der Waals surface area contributed by atoms with Crippen molar-refractivity contribution < 1.29 is 27.4 Å². The van der Waals surface area contributed by atoms with Crippen molar-refractivity contribution in [3.63, 3.8) is 0 Å². The number of carbonyl (C=O) groups excluding carboxylic acids is 1. The van der Waals surface area contributed by atoms with Gasteiger partial charge in [0.15, 0.2) is 11.5 Å². The van der Waals surface area contributed by atoms with E-state index < -0.39 is 10.0 Å². The molecule has 2 saturated heterocycles. The van der Waals surface area contributed by atoms with E-state index in [1.54, 1.807) is 35.2 Å². The number of hydrogen-bond acceptors (Lipinski definition) is 7. The average Bonchev–Trinajstić information content (AvgIpc) is 3.37. The van der Waals surface area contributed by atoms with Crippen molar-refractivity contribution >= 4 is 21.6 Å². The number of hydrogen-bond donors (Lipinski definition) is 1. The number of piperazine rings is 1. The van der Waals surface area contributed by atoms with Gasteiger partial charge in [0, 0.05) is 45.4 Å². The Morgan fingerprint density at radius 2 is 1.74 bits per heavy atom. The van der Waals surface area contributed by atoms with Crippen molar-refractivity contribution in [1.29, 1.82) is 0 Å². The summed E-state index contributed by atoms with van der Waals surface area (Å²) >= 11 is 0. The van der Waals surface area contributed by atoms with Crippen LogP contribution in [0, 0.1) is 0 Å². The molecule has 10 heteroatoms. The first-order valence-corrected chi connectivity index (χ1v) is 13.1. The lowest BCUT2D eigenvalue weighted by atomic mass is 10.1. The van der Waals surface area contributed by atoms with Gasteiger partial charge in [0.1, 0.15) is 13.2 Å². The Morgan fingerprint density at radius 3 is 2.50 bits per heavy atom. The number of carbonyl (C=O) groups is 1. The number of anilines is 1. The Hall–Kier alpha value is -2.82. The highest BCUT2D eigenvalue weighted by Crippen LogP contribution is 2.33. The molecule has 2 aromatic carbocycles. The molecular formula is C24H29N3O6S. The highest BCUT2D eigenvalue weighted by molar-refractivity contribution is 7.92. The maximum atomic E-state index is 13.3. The van der Waals surface area contributed by atoms with Crippen LogP contribution in [-0.2, 0) is 14.8 Å². The van der Waals surface area contributed by atoms with Crippen LogP contribution in [0.15, 0.2) is 47.4 Å². The van der Waals surface area contributed by atoms with Crippen LogP contribution in [0.4, 0.5) is 5.69 Å². The lowest BCUT2D eigenvalue weighted by Gasteiger charge is -2.36. The minimum absolute atomic E-state index is 0.0433. The smallest absolute Gasteiger partial charge is 0.262 e. The van der Waals surface area contributed by atoms with E-state index in [4.69, 9.17) is 14.2 Å². The lowest BCUT2D eigenvalue weighted by molar-refractivity contribution is 0.0433. The summed E-state index contributed by atoms with van der Waals surface area (Å²) in [6.07, 6.45) is 2.50. The Kier molecular flexibility index (Phi) is 6.62. The van der Waals surface area contributed by atoms with E-state index in [9.17, 15) is 13.2 Å². The standard InChI is InChI=1S/C24H29N3O6S/c28-24(27-11-9-26(10-12-27)17-18-4-3-13-31-18)20-5-1-2-6-21(20)25-34(29,30)19-7-8-22-23(16-19)33-15-14-32-22/h1-2,5-8,16,18,25H,3-4,9-15,17H2. The molecule has 2 aromatic rings. The van der Waals surface area contributed by atoms with Crippen molar-refractivity contribution in [3.05, 3.63) is 48.0 Å². The maximum Gasteiger partial charge on any atom is 0.262 e. The van der Waals surface area contributed by atoms with Crippen LogP contribution in [0.3, 0.4) is 0 Å². The number of nitrogens with one attached hydrogen (secondary N) is 1. The van der Waals surface area contributed by atoms with Gasteiger partial charge in [-0.15, -0.1) is 0 Å². The third kappa shape index (κ3) is 4.98. The molecule has 3 aliphatic rings. The number of rotatable bonds is 6. The number of sulfonamides is 1. The number of nitrogens with zero attached hydrogens (tertiary/aromatic N) is 2. The summed E-state index contributed by atoms with van der Waals surface area (Å²) in [6.45, 7) is 5.25. The highest BCUT2D eigenvalue weighted by Gasteiger charge is 2.28. The number of ether oxygens (including phenoxy) is 3.